The maximum Gasteiger partial charge on any atom is 0.338 e. The van der Waals surface area contributed by atoms with Gasteiger partial charge in [-0.15, -0.1) is 0 Å². The van der Waals surface area contributed by atoms with Crippen molar-refractivity contribution in [3.05, 3.63) is 88.1 Å². The van der Waals surface area contributed by atoms with Crippen molar-refractivity contribution in [2.75, 3.05) is 13.7 Å². The predicted molar refractivity (Wildman–Crippen MR) is 158 cm³/mol. The number of carbonyl (C=O) groups excluding carboxylic acids is 2. The van der Waals surface area contributed by atoms with Crippen molar-refractivity contribution in [3.63, 3.8) is 0 Å². The van der Waals surface area contributed by atoms with Crippen molar-refractivity contribution in [3.8, 4) is 5.75 Å². The molecule has 8 heteroatoms. The van der Waals surface area contributed by atoms with Crippen LogP contribution in [0.15, 0.2) is 82.0 Å². The number of amides is 1. The van der Waals surface area contributed by atoms with E-state index >= 15 is 0 Å². The third-order valence-corrected chi connectivity index (χ3v) is 8.66. The zero-order valence-corrected chi connectivity index (χ0v) is 24.3. The number of allylic oxidation sites excluding steroid dienone is 1. The summed E-state index contributed by atoms with van der Waals surface area (Å²) in [5.41, 5.74) is 3.89. The molecule has 7 nitrogen and oxygen atoms in total. The van der Waals surface area contributed by atoms with E-state index in [1.165, 1.54) is 31.0 Å². The fraction of sp³-hybridized carbons (Fsp3) is 0.406. The Balaban J connectivity index is 1.44. The van der Waals surface area contributed by atoms with E-state index in [1.807, 2.05) is 83.8 Å². The summed E-state index contributed by atoms with van der Waals surface area (Å²) in [5, 5.41) is 2.75. The summed E-state index contributed by atoms with van der Waals surface area (Å²) in [6, 6.07) is 17.6. The summed E-state index contributed by atoms with van der Waals surface area (Å²) < 4.78 is 11.6. The minimum Gasteiger partial charge on any atom is -0.489 e. The Kier molecular flexibility index (Phi) is 8.94. The molecule has 5 rings (SSSR count). The highest BCUT2D eigenvalue weighted by atomic mass is 32.2. The molecule has 0 bridgehead atoms. The van der Waals surface area contributed by atoms with Gasteiger partial charge in [-0.05, 0) is 55.4 Å². The first-order valence-corrected chi connectivity index (χ1v) is 15.0. The number of rotatable bonds is 9. The molecule has 40 heavy (non-hydrogen) atoms. The summed E-state index contributed by atoms with van der Waals surface area (Å²) in [6.07, 6.45) is 5.93. The number of hydrogen-bond donors (Lipinski definition) is 0. The van der Waals surface area contributed by atoms with E-state index in [0.29, 0.717) is 23.6 Å². The number of nitrogens with zero attached hydrogens (tertiary/aromatic N) is 3. The molecule has 2 aromatic rings. The molecule has 1 unspecified atom stereocenters. The molecule has 1 fully saturated rings. The third-order valence-electron chi connectivity index (χ3n) is 7.77. The van der Waals surface area contributed by atoms with E-state index in [1.54, 1.807) is 6.92 Å². The fourth-order valence-electron chi connectivity index (χ4n) is 5.62. The SMILES string of the molecule is CCOC(=O)C1=C(C)N=C2SC=C(CC(=O)N(C)C3CCCCC3)N2C1c1cccc(OCc2ccccc2)c1. The first-order chi connectivity index (χ1) is 19.5. The highest BCUT2D eigenvalue weighted by molar-refractivity contribution is 8.16. The lowest BCUT2D eigenvalue weighted by Crippen LogP contribution is -2.41. The van der Waals surface area contributed by atoms with Gasteiger partial charge < -0.3 is 19.3 Å². The highest BCUT2D eigenvalue weighted by Crippen LogP contribution is 2.45. The summed E-state index contributed by atoms with van der Waals surface area (Å²) >= 11 is 1.49. The van der Waals surface area contributed by atoms with Crippen molar-refractivity contribution in [2.45, 2.75) is 71.1 Å². The first kappa shape index (κ1) is 28.0. The van der Waals surface area contributed by atoms with Crippen molar-refractivity contribution in [2.24, 2.45) is 4.99 Å². The number of aliphatic imine (C=N–C) groups is 1. The van der Waals surface area contributed by atoms with Crippen molar-refractivity contribution < 1.29 is 19.1 Å². The number of esters is 1. The van der Waals surface area contributed by atoms with Crippen molar-refractivity contribution >= 4 is 28.8 Å². The third kappa shape index (κ3) is 6.12. The van der Waals surface area contributed by atoms with E-state index in [2.05, 4.69) is 0 Å². The molecule has 3 aliphatic rings. The molecule has 0 radical (unpaired) electrons. The Morgan fingerprint density at radius 3 is 2.60 bits per heavy atom. The largest absolute Gasteiger partial charge is 0.489 e. The second-order valence-electron chi connectivity index (χ2n) is 10.4. The van der Waals surface area contributed by atoms with Crippen LogP contribution in [-0.4, -0.2) is 46.5 Å². The molecular formula is C32H37N3O4S. The van der Waals surface area contributed by atoms with E-state index < -0.39 is 12.0 Å². The molecule has 2 heterocycles. The van der Waals surface area contributed by atoms with Gasteiger partial charge in [-0.1, -0.05) is 73.5 Å². The van der Waals surface area contributed by atoms with Gasteiger partial charge in [-0.3, -0.25) is 4.79 Å². The average Bonchev–Trinajstić information content (AvgIpc) is 3.37. The molecule has 2 aliphatic heterocycles. The van der Waals surface area contributed by atoms with Gasteiger partial charge in [-0.2, -0.15) is 0 Å². The van der Waals surface area contributed by atoms with E-state index in [9.17, 15) is 9.59 Å². The summed E-state index contributed by atoms with van der Waals surface area (Å²) in [7, 11) is 1.92. The average molecular weight is 560 g/mol. The van der Waals surface area contributed by atoms with E-state index in [4.69, 9.17) is 14.5 Å². The molecule has 1 amide bonds. The first-order valence-electron chi connectivity index (χ1n) is 14.1. The molecule has 1 saturated carbocycles. The smallest absolute Gasteiger partial charge is 0.338 e. The van der Waals surface area contributed by atoms with Gasteiger partial charge in [0.25, 0.3) is 0 Å². The molecule has 210 valence electrons. The molecule has 0 N–H and O–H groups in total. The summed E-state index contributed by atoms with van der Waals surface area (Å²) in [6.45, 7) is 4.35. The van der Waals surface area contributed by atoms with Crippen LogP contribution in [0.2, 0.25) is 0 Å². The zero-order chi connectivity index (χ0) is 28.1. The van der Waals surface area contributed by atoms with Gasteiger partial charge in [0.2, 0.25) is 5.91 Å². The van der Waals surface area contributed by atoms with Crippen molar-refractivity contribution in [1.29, 1.82) is 0 Å². The molecule has 0 aromatic heterocycles. The number of fused-ring (bicyclic) bond motifs is 1. The van der Waals surface area contributed by atoms with Gasteiger partial charge >= 0.3 is 5.97 Å². The Bertz CT molecular complexity index is 1330. The Morgan fingerprint density at radius 1 is 1.07 bits per heavy atom. The van der Waals surface area contributed by atoms with Gasteiger partial charge in [0, 0.05) is 18.8 Å². The van der Waals surface area contributed by atoms with Crippen LogP contribution in [0.3, 0.4) is 0 Å². The molecule has 1 aliphatic carbocycles. The van der Waals surface area contributed by atoms with Crippen LogP contribution in [0.5, 0.6) is 5.75 Å². The lowest BCUT2D eigenvalue weighted by atomic mass is 9.93. The number of thioether (sulfide) groups is 1. The zero-order valence-electron chi connectivity index (χ0n) is 23.5. The standard InChI is InChI=1S/C32H37N3O4S/c1-4-38-31(37)29-22(2)33-32-35(26(21-40-32)19-28(36)34(3)25-15-9-6-10-16-25)30(29)24-14-11-17-27(18-24)39-20-23-12-7-5-8-13-23/h5,7-8,11-14,17-18,21,25,30H,4,6,9-10,15-16,19-20H2,1-3H3. The molecule has 1 atom stereocenters. The summed E-state index contributed by atoms with van der Waals surface area (Å²) in [5.74, 6) is 0.393. The highest BCUT2D eigenvalue weighted by Gasteiger charge is 2.41. The second-order valence-corrected chi connectivity index (χ2v) is 11.3. The van der Waals surface area contributed by atoms with Crippen LogP contribution in [0, 0.1) is 0 Å². The van der Waals surface area contributed by atoms with Crippen LogP contribution in [-0.2, 0) is 20.9 Å². The van der Waals surface area contributed by atoms with Gasteiger partial charge in [0.15, 0.2) is 5.17 Å². The Hall–Kier alpha value is -3.52. The minimum atomic E-state index is -0.485. The maximum absolute atomic E-state index is 13.5. The van der Waals surface area contributed by atoms with Crippen LogP contribution in [0.1, 0.15) is 69.5 Å². The number of benzene rings is 2. The topological polar surface area (TPSA) is 71.4 Å². The molecule has 0 saturated heterocycles. The number of carbonyl (C=O) groups is 2. The minimum absolute atomic E-state index is 0.0858. The van der Waals surface area contributed by atoms with Crippen LogP contribution < -0.4 is 4.74 Å². The normalized spacial score (nSPS) is 19.1. The summed E-state index contributed by atoms with van der Waals surface area (Å²) in [4.78, 5) is 35.5. The lowest BCUT2D eigenvalue weighted by molar-refractivity contribution is -0.139. The van der Waals surface area contributed by atoms with Crippen LogP contribution in [0.25, 0.3) is 0 Å². The number of ether oxygens (including phenoxy) is 2. The molecular weight excluding hydrogens is 522 g/mol. The second kappa shape index (κ2) is 12.8. The molecule has 0 spiro atoms. The van der Waals surface area contributed by atoms with Crippen LogP contribution in [0.4, 0.5) is 0 Å². The van der Waals surface area contributed by atoms with Gasteiger partial charge in [0.1, 0.15) is 12.4 Å². The van der Waals surface area contributed by atoms with Gasteiger partial charge in [0.05, 0.1) is 30.3 Å². The quantitative estimate of drug-likeness (QED) is 0.323. The lowest BCUT2D eigenvalue weighted by Gasteiger charge is -2.37. The molecule has 2 aromatic carbocycles. The Labute approximate surface area is 240 Å². The number of hydrogen-bond acceptors (Lipinski definition) is 7. The maximum atomic E-state index is 13.5. The van der Waals surface area contributed by atoms with Gasteiger partial charge in [-0.25, -0.2) is 9.79 Å². The predicted octanol–water partition coefficient (Wildman–Crippen LogP) is 6.58. The fourth-order valence-corrected chi connectivity index (χ4v) is 6.59. The van der Waals surface area contributed by atoms with E-state index in [0.717, 1.165) is 34.8 Å². The van der Waals surface area contributed by atoms with Crippen molar-refractivity contribution in [1.82, 2.24) is 9.80 Å². The monoisotopic (exact) mass is 559 g/mol. The Morgan fingerprint density at radius 2 is 1.85 bits per heavy atom. The van der Waals surface area contributed by atoms with Crippen LogP contribution >= 0.6 is 11.8 Å². The van der Waals surface area contributed by atoms with E-state index in [-0.39, 0.29) is 25.0 Å². The number of amidine groups is 1.